The zero-order valence-electron chi connectivity index (χ0n) is 5.85. The lowest BCUT2D eigenvalue weighted by Gasteiger charge is -1.98. The minimum Gasteiger partial charge on any atom is -0.392 e. The standard InChI is InChI=1S/C6H12N2S/c1-4-9-6(7)5(2)8-3/h3-4,7H2,1-2H3/b6-5-. The second kappa shape index (κ2) is 4.44. The first-order valence-corrected chi connectivity index (χ1v) is 3.76. The minimum absolute atomic E-state index is 0.771. The molecular formula is C6H12N2S. The first kappa shape index (κ1) is 8.56. The number of hydrogen-bond donors (Lipinski definition) is 1. The van der Waals surface area contributed by atoms with Crippen LogP contribution in [0.1, 0.15) is 13.8 Å². The predicted molar refractivity (Wildman–Crippen MR) is 44.6 cm³/mol. The van der Waals surface area contributed by atoms with Gasteiger partial charge in [0.25, 0.3) is 0 Å². The highest BCUT2D eigenvalue weighted by Gasteiger charge is 1.91. The molecule has 52 valence electrons. The molecule has 0 aliphatic heterocycles. The number of allylic oxidation sites excluding steroid dienone is 1. The Morgan fingerprint density at radius 2 is 2.33 bits per heavy atom. The summed E-state index contributed by atoms with van der Waals surface area (Å²) in [5.74, 6) is 0.985. The van der Waals surface area contributed by atoms with Crippen molar-refractivity contribution >= 4 is 18.5 Å². The summed E-state index contributed by atoms with van der Waals surface area (Å²) in [4.78, 5) is 3.69. The number of thioether (sulfide) groups is 1. The Kier molecular flexibility index (Phi) is 4.22. The van der Waals surface area contributed by atoms with E-state index in [4.69, 9.17) is 5.73 Å². The smallest absolute Gasteiger partial charge is 0.0871 e. The molecule has 0 aromatic heterocycles. The van der Waals surface area contributed by atoms with Crippen LogP contribution >= 0.6 is 11.8 Å². The molecular weight excluding hydrogens is 132 g/mol. The zero-order valence-corrected chi connectivity index (χ0v) is 6.66. The van der Waals surface area contributed by atoms with Crippen molar-refractivity contribution in [3.8, 4) is 0 Å². The van der Waals surface area contributed by atoms with Crippen molar-refractivity contribution in [2.24, 2.45) is 10.7 Å². The third-order valence-corrected chi connectivity index (χ3v) is 1.79. The van der Waals surface area contributed by atoms with Crippen LogP contribution < -0.4 is 5.73 Å². The van der Waals surface area contributed by atoms with Crippen molar-refractivity contribution < 1.29 is 0 Å². The fraction of sp³-hybridized carbons (Fsp3) is 0.500. The van der Waals surface area contributed by atoms with Crippen LogP contribution in [0.25, 0.3) is 0 Å². The van der Waals surface area contributed by atoms with E-state index in [1.165, 1.54) is 0 Å². The van der Waals surface area contributed by atoms with Crippen molar-refractivity contribution in [2.45, 2.75) is 13.8 Å². The highest BCUT2D eigenvalue weighted by molar-refractivity contribution is 8.02. The summed E-state index contributed by atoms with van der Waals surface area (Å²) in [6.45, 7) is 7.26. The van der Waals surface area contributed by atoms with E-state index in [0.29, 0.717) is 0 Å². The van der Waals surface area contributed by atoms with Gasteiger partial charge < -0.3 is 5.73 Å². The highest BCUT2D eigenvalue weighted by Crippen LogP contribution is 2.13. The maximum absolute atomic E-state index is 5.55. The first-order valence-electron chi connectivity index (χ1n) is 2.78. The van der Waals surface area contributed by atoms with E-state index in [1.807, 2.05) is 13.8 Å². The van der Waals surface area contributed by atoms with Gasteiger partial charge in [0, 0.05) is 0 Å². The summed E-state index contributed by atoms with van der Waals surface area (Å²) in [5.41, 5.74) is 6.37. The van der Waals surface area contributed by atoms with Gasteiger partial charge in [-0.05, 0) is 19.4 Å². The van der Waals surface area contributed by atoms with Gasteiger partial charge in [0.05, 0.1) is 10.7 Å². The molecule has 2 N–H and O–H groups in total. The lowest BCUT2D eigenvalue weighted by atomic mass is 10.6. The summed E-state index contributed by atoms with van der Waals surface area (Å²) in [5, 5.41) is 0.771. The Hall–Kier alpha value is -0.440. The molecule has 3 heteroatoms. The number of rotatable bonds is 3. The van der Waals surface area contributed by atoms with Gasteiger partial charge in [-0.15, -0.1) is 11.8 Å². The normalized spacial score (nSPS) is 12.7. The lowest BCUT2D eigenvalue weighted by molar-refractivity contribution is 1.26. The first-order chi connectivity index (χ1) is 4.22. The van der Waals surface area contributed by atoms with Crippen LogP contribution in [0.2, 0.25) is 0 Å². The quantitative estimate of drug-likeness (QED) is 0.611. The molecule has 2 nitrogen and oxygen atoms in total. The minimum atomic E-state index is 0.771. The Labute approximate surface area is 60.2 Å². The van der Waals surface area contributed by atoms with Crippen LogP contribution in [0.5, 0.6) is 0 Å². The highest BCUT2D eigenvalue weighted by atomic mass is 32.2. The Balaban J connectivity index is 3.93. The fourth-order valence-corrected chi connectivity index (χ4v) is 0.922. The summed E-state index contributed by atoms with van der Waals surface area (Å²) in [6, 6.07) is 0. The number of nitrogens with zero attached hydrogens (tertiary/aromatic N) is 1. The zero-order chi connectivity index (χ0) is 7.28. The van der Waals surface area contributed by atoms with Gasteiger partial charge in [0.1, 0.15) is 0 Å². The number of aliphatic imine (C=N–C) groups is 1. The topological polar surface area (TPSA) is 38.4 Å². The average molecular weight is 144 g/mol. The molecule has 0 saturated carbocycles. The molecule has 0 radical (unpaired) electrons. The summed E-state index contributed by atoms with van der Waals surface area (Å²) in [7, 11) is 0. The number of hydrogen-bond acceptors (Lipinski definition) is 3. The molecule has 0 fully saturated rings. The molecule has 0 spiro atoms. The maximum atomic E-state index is 5.55. The van der Waals surface area contributed by atoms with Crippen LogP contribution in [0, 0.1) is 0 Å². The van der Waals surface area contributed by atoms with Crippen molar-refractivity contribution in [1.82, 2.24) is 0 Å². The van der Waals surface area contributed by atoms with Gasteiger partial charge in [-0.25, -0.2) is 0 Å². The third kappa shape index (κ3) is 3.19. The second-order valence-electron chi connectivity index (χ2n) is 1.54. The van der Waals surface area contributed by atoms with E-state index >= 15 is 0 Å². The van der Waals surface area contributed by atoms with Crippen LogP contribution in [0.3, 0.4) is 0 Å². The van der Waals surface area contributed by atoms with E-state index in [0.717, 1.165) is 16.5 Å². The molecule has 9 heavy (non-hydrogen) atoms. The van der Waals surface area contributed by atoms with Crippen LogP contribution in [-0.4, -0.2) is 12.5 Å². The lowest BCUT2D eigenvalue weighted by Crippen LogP contribution is -1.94. The molecule has 0 aliphatic rings. The molecule has 0 atom stereocenters. The van der Waals surface area contributed by atoms with E-state index < -0.39 is 0 Å². The summed E-state index contributed by atoms with van der Waals surface area (Å²) < 4.78 is 0. The molecule has 0 aromatic carbocycles. The van der Waals surface area contributed by atoms with Gasteiger partial charge in [-0.2, -0.15) is 0 Å². The van der Waals surface area contributed by atoms with Crippen LogP contribution in [-0.2, 0) is 0 Å². The largest absolute Gasteiger partial charge is 0.392 e. The van der Waals surface area contributed by atoms with E-state index in [9.17, 15) is 0 Å². The molecule has 0 bridgehead atoms. The van der Waals surface area contributed by atoms with Gasteiger partial charge in [-0.3, -0.25) is 4.99 Å². The predicted octanol–water partition coefficient (Wildman–Crippen LogP) is 1.59. The molecule has 0 amide bonds. The maximum Gasteiger partial charge on any atom is 0.0871 e. The van der Waals surface area contributed by atoms with E-state index in [-0.39, 0.29) is 0 Å². The summed E-state index contributed by atoms with van der Waals surface area (Å²) >= 11 is 1.59. The Morgan fingerprint density at radius 1 is 1.78 bits per heavy atom. The fourth-order valence-electron chi connectivity index (χ4n) is 0.338. The SMILES string of the molecule is C=N/C(C)=C(/N)SCC. The monoisotopic (exact) mass is 144 g/mol. The van der Waals surface area contributed by atoms with Gasteiger partial charge in [0.2, 0.25) is 0 Å². The second-order valence-corrected chi connectivity index (χ2v) is 2.85. The molecule has 0 aliphatic carbocycles. The van der Waals surface area contributed by atoms with Crippen LogP contribution in [0.4, 0.5) is 0 Å². The van der Waals surface area contributed by atoms with Crippen molar-refractivity contribution in [2.75, 3.05) is 5.75 Å². The van der Waals surface area contributed by atoms with Gasteiger partial charge in [-0.1, -0.05) is 6.92 Å². The van der Waals surface area contributed by atoms with Gasteiger partial charge in [0.15, 0.2) is 0 Å². The van der Waals surface area contributed by atoms with Crippen molar-refractivity contribution in [3.63, 3.8) is 0 Å². The molecule has 0 rings (SSSR count). The average Bonchev–Trinajstić information content (AvgIpc) is 1.87. The van der Waals surface area contributed by atoms with Gasteiger partial charge >= 0.3 is 0 Å². The molecule has 0 saturated heterocycles. The Morgan fingerprint density at radius 3 is 2.67 bits per heavy atom. The molecule has 0 unspecified atom stereocenters. The third-order valence-electron chi connectivity index (χ3n) is 0.894. The molecule has 0 aromatic rings. The number of nitrogens with two attached hydrogens (primary N) is 1. The van der Waals surface area contributed by atoms with E-state index in [2.05, 4.69) is 11.7 Å². The molecule has 0 heterocycles. The summed E-state index contributed by atoms with van der Waals surface area (Å²) in [6.07, 6.45) is 0. The van der Waals surface area contributed by atoms with Crippen LogP contribution in [0.15, 0.2) is 15.7 Å². The van der Waals surface area contributed by atoms with Crippen molar-refractivity contribution in [1.29, 1.82) is 0 Å². The van der Waals surface area contributed by atoms with E-state index in [1.54, 1.807) is 11.8 Å². The Bertz CT molecular complexity index is 129. The van der Waals surface area contributed by atoms with Crippen molar-refractivity contribution in [3.05, 3.63) is 10.7 Å².